The minimum atomic E-state index is -0.808. The van der Waals surface area contributed by atoms with Gasteiger partial charge in [0.25, 0.3) is 0 Å². The molecule has 6 rings (SSSR count). The monoisotopic (exact) mass is 632 g/mol. The van der Waals surface area contributed by atoms with Crippen LogP contribution in [-0.2, 0) is 16.1 Å². The van der Waals surface area contributed by atoms with Gasteiger partial charge in [-0.1, -0.05) is 13.0 Å². The number of hydrogen-bond acceptors (Lipinski definition) is 9. The molecule has 2 aliphatic rings. The van der Waals surface area contributed by atoms with Crippen LogP contribution in [0, 0.1) is 26.2 Å². The molecule has 2 amide bonds. The lowest BCUT2D eigenvalue weighted by molar-refractivity contribution is -0.139. The first-order valence-electron chi connectivity index (χ1n) is 13.5. The Balaban J connectivity index is 1.33. The minimum absolute atomic E-state index is 0.209. The van der Waals surface area contributed by atoms with Crippen molar-refractivity contribution in [1.82, 2.24) is 34.6 Å². The molecule has 4 aromatic heterocycles. The molecular weight excluding hydrogens is 604 g/mol. The predicted octanol–water partition coefficient (Wildman–Crippen LogP) is 3.16. The van der Waals surface area contributed by atoms with E-state index in [4.69, 9.17) is 4.98 Å². The molecule has 1 aliphatic heterocycles. The number of aliphatic hydroxyl groups is 1. The van der Waals surface area contributed by atoms with Gasteiger partial charge >= 0.3 is 0 Å². The average molecular weight is 634 g/mol. The number of aliphatic hydroxyl groups excluding tert-OH is 1. The number of aryl methyl sites for hydroxylation is 3. The number of amides is 2. The number of rotatable bonds is 6. The second-order valence-corrected chi connectivity index (χ2v) is 12.1. The summed E-state index contributed by atoms with van der Waals surface area (Å²) in [5.74, 6) is -0.0114. The fraction of sp³-hybridized carbons (Fsp3) is 0.379. The van der Waals surface area contributed by atoms with E-state index in [0.29, 0.717) is 50.5 Å². The Labute approximate surface area is 249 Å². The number of anilines is 1. The number of nitrogens with one attached hydrogen (secondary N) is 1. The van der Waals surface area contributed by atoms with Crippen molar-refractivity contribution in [2.24, 2.45) is 5.41 Å². The molecule has 2 N–H and O–H groups in total. The smallest absolute Gasteiger partial charge is 0.248 e. The van der Waals surface area contributed by atoms with Crippen LogP contribution in [0.1, 0.15) is 47.8 Å². The number of carbonyl (C=O) groups excluding carboxylic acids is 3. The standard InChI is InChI=1S/C29H29BrN8O4/c1-13-6-7-21(30)34-27(13)35-28(42)20-9-29(5)25(26(29)41)38(20)22(40)12-37-24-14(2)33-19(17-10-31-16(4)32-11-17)8-18(24)23(36-37)15(3)39/h6-8,10-11,20,25-26,41H,9,12H2,1-5H3,(H,34,35,42)/t20-,25+,26-,29+/m0/s1. The summed E-state index contributed by atoms with van der Waals surface area (Å²) in [6.07, 6.45) is 2.91. The van der Waals surface area contributed by atoms with Crippen LogP contribution in [0.25, 0.3) is 22.2 Å². The maximum Gasteiger partial charge on any atom is 0.248 e. The van der Waals surface area contributed by atoms with Crippen molar-refractivity contribution in [3.05, 3.63) is 58.0 Å². The molecule has 42 heavy (non-hydrogen) atoms. The number of piperidine rings is 1. The first-order chi connectivity index (χ1) is 19.9. The van der Waals surface area contributed by atoms with Gasteiger partial charge in [0.1, 0.15) is 34.5 Å². The molecule has 2 fully saturated rings. The van der Waals surface area contributed by atoms with Gasteiger partial charge in [-0.3, -0.25) is 24.0 Å². The van der Waals surface area contributed by atoms with E-state index < -0.39 is 29.5 Å². The maximum atomic E-state index is 13.9. The lowest BCUT2D eigenvalue weighted by atomic mass is 10.0. The highest BCUT2D eigenvalue weighted by atomic mass is 79.9. The van der Waals surface area contributed by atoms with Gasteiger partial charge in [-0.2, -0.15) is 5.10 Å². The largest absolute Gasteiger partial charge is 0.390 e. The van der Waals surface area contributed by atoms with Crippen LogP contribution >= 0.6 is 15.9 Å². The number of carbonyl (C=O) groups is 3. The number of fused-ring (bicyclic) bond motifs is 2. The fourth-order valence-corrected chi connectivity index (χ4v) is 6.28. The predicted molar refractivity (Wildman–Crippen MR) is 156 cm³/mol. The normalized spacial score (nSPS) is 22.7. The third-order valence-corrected chi connectivity index (χ3v) is 8.74. The molecule has 12 nitrogen and oxygen atoms in total. The van der Waals surface area contributed by atoms with Crippen molar-refractivity contribution in [3.63, 3.8) is 0 Å². The lowest BCUT2D eigenvalue weighted by Gasteiger charge is -2.28. The van der Waals surface area contributed by atoms with Crippen molar-refractivity contribution in [3.8, 4) is 11.3 Å². The molecule has 4 aromatic rings. The Morgan fingerprint density at radius 2 is 1.86 bits per heavy atom. The summed E-state index contributed by atoms with van der Waals surface area (Å²) < 4.78 is 2.04. The van der Waals surface area contributed by atoms with E-state index in [-0.39, 0.29) is 23.9 Å². The van der Waals surface area contributed by atoms with Gasteiger partial charge < -0.3 is 15.3 Å². The van der Waals surface area contributed by atoms with Gasteiger partial charge in [0, 0.05) is 35.7 Å². The SMILES string of the molecule is CC(=O)c1nn(CC(=O)N2[C@H](C(=O)Nc3nc(Br)ccc3C)C[C@@]3(C)[C@@H](O)[C@@H]23)c2c(C)nc(-c3cnc(C)nc3)cc12. The first kappa shape index (κ1) is 28.0. The number of ketones is 1. The molecule has 5 heterocycles. The Morgan fingerprint density at radius 1 is 1.14 bits per heavy atom. The minimum Gasteiger partial charge on any atom is -0.390 e. The molecule has 1 saturated heterocycles. The molecular formula is C29H29BrN8O4. The summed E-state index contributed by atoms with van der Waals surface area (Å²) in [7, 11) is 0. The molecule has 216 valence electrons. The van der Waals surface area contributed by atoms with E-state index in [1.54, 1.807) is 38.4 Å². The van der Waals surface area contributed by atoms with Gasteiger partial charge in [-0.15, -0.1) is 0 Å². The number of Topliss-reactive ketones (excluding diaryl/α,β-unsaturated/α-hetero) is 1. The molecule has 13 heteroatoms. The van der Waals surface area contributed by atoms with Crippen molar-refractivity contribution in [2.75, 3.05) is 5.32 Å². The van der Waals surface area contributed by atoms with E-state index in [2.05, 4.69) is 41.3 Å². The topological polar surface area (TPSA) is 156 Å². The van der Waals surface area contributed by atoms with Crippen molar-refractivity contribution >= 4 is 50.2 Å². The van der Waals surface area contributed by atoms with Gasteiger partial charge in [0.05, 0.1) is 29.1 Å². The zero-order valence-corrected chi connectivity index (χ0v) is 25.3. The van der Waals surface area contributed by atoms with Crippen molar-refractivity contribution < 1.29 is 19.5 Å². The molecule has 4 atom stereocenters. The average Bonchev–Trinajstić information content (AvgIpc) is 3.21. The summed E-state index contributed by atoms with van der Waals surface area (Å²) in [6, 6.07) is 4.05. The molecule has 0 unspecified atom stereocenters. The molecule has 1 aliphatic carbocycles. The van der Waals surface area contributed by atoms with Gasteiger partial charge in [-0.05, 0) is 60.8 Å². The van der Waals surface area contributed by atoms with Crippen molar-refractivity contribution in [2.45, 2.75) is 65.8 Å². The summed E-state index contributed by atoms with van der Waals surface area (Å²) in [4.78, 5) is 59.0. The van der Waals surface area contributed by atoms with Crippen LogP contribution in [0.4, 0.5) is 5.82 Å². The second-order valence-electron chi connectivity index (χ2n) is 11.3. The highest BCUT2D eigenvalue weighted by molar-refractivity contribution is 9.10. The number of halogens is 1. The van der Waals surface area contributed by atoms with Crippen molar-refractivity contribution in [1.29, 1.82) is 0 Å². The first-order valence-corrected chi connectivity index (χ1v) is 14.3. The Bertz CT molecular complexity index is 1790. The van der Waals surface area contributed by atoms with E-state index >= 15 is 0 Å². The molecule has 0 spiro atoms. The van der Waals surface area contributed by atoms with Gasteiger partial charge in [-0.25, -0.2) is 15.0 Å². The van der Waals surface area contributed by atoms with Crippen LogP contribution in [0.15, 0.2) is 35.2 Å². The summed E-state index contributed by atoms with van der Waals surface area (Å²) >= 11 is 3.33. The summed E-state index contributed by atoms with van der Waals surface area (Å²) in [5, 5.41) is 18.6. The zero-order valence-electron chi connectivity index (χ0n) is 23.7. The maximum absolute atomic E-state index is 13.9. The Kier molecular flexibility index (Phi) is 6.69. The van der Waals surface area contributed by atoms with Crippen LogP contribution in [0.2, 0.25) is 0 Å². The van der Waals surface area contributed by atoms with E-state index in [1.807, 2.05) is 19.9 Å². The fourth-order valence-electron chi connectivity index (χ4n) is 5.97. The number of nitrogens with zero attached hydrogens (tertiary/aromatic N) is 7. The van der Waals surface area contributed by atoms with Crippen LogP contribution < -0.4 is 5.32 Å². The number of likely N-dealkylation sites (tertiary alicyclic amines) is 1. The van der Waals surface area contributed by atoms with E-state index in [0.717, 1.165) is 5.56 Å². The molecule has 0 bridgehead atoms. The van der Waals surface area contributed by atoms with E-state index in [1.165, 1.54) is 16.5 Å². The molecule has 0 radical (unpaired) electrons. The Morgan fingerprint density at radius 3 is 2.55 bits per heavy atom. The summed E-state index contributed by atoms with van der Waals surface area (Å²) in [6.45, 7) is 8.46. The quantitative estimate of drug-likeness (QED) is 0.241. The summed E-state index contributed by atoms with van der Waals surface area (Å²) in [5.41, 5.74) is 2.78. The van der Waals surface area contributed by atoms with Crippen LogP contribution in [0.5, 0.6) is 0 Å². The zero-order chi connectivity index (χ0) is 30.1. The van der Waals surface area contributed by atoms with Crippen LogP contribution in [-0.4, -0.2) is 75.5 Å². The highest BCUT2D eigenvalue weighted by Crippen LogP contribution is 2.59. The number of aromatic nitrogens is 6. The molecule has 1 saturated carbocycles. The van der Waals surface area contributed by atoms with Gasteiger partial charge in [0.2, 0.25) is 11.8 Å². The van der Waals surface area contributed by atoms with Crippen LogP contribution in [0.3, 0.4) is 0 Å². The second kappa shape index (κ2) is 10.0. The van der Waals surface area contributed by atoms with E-state index in [9.17, 15) is 19.5 Å². The highest BCUT2D eigenvalue weighted by Gasteiger charge is 2.72. The lowest BCUT2D eigenvalue weighted by Crippen LogP contribution is -2.48. The Hall–Kier alpha value is -4.10. The number of hydrogen-bond donors (Lipinski definition) is 2. The third-order valence-electron chi connectivity index (χ3n) is 8.30. The third kappa shape index (κ3) is 4.56. The number of pyridine rings is 2. The van der Waals surface area contributed by atoms with Gasteiger partial charge in [0.15, 0.2) is 5.78 Å². The molecule has 0 aromatic carbocycles.